The third-order valence-corrected chi connectivity index (χ3v) is 7.03. The third-order valence-electron chi connectivity index (χ3n) is 5.49. The lowest BCUT2D eigenvalue weighted by atomic mass is 10.1. The first kappa shape index (κ1) is 20.3. The highest BCUT2D eigenvalue weighted by Gasteiger charge is 2.25. The maximum Gasteiger partial charge on any atom is 0.301 e. The van der Waals surface area contributed by atoms with E-state index in [1.165, 1.54) is 4.31 Å². The summed E-state index contributed by atoms with van der Waals surface area (Å²) in [4.78, 5) is 0. The molecular formula is C22H24N4O3S. The second kappa shape index (κ2) is 8.01. The summed E-state index contributed by atoms with van der Waals surface area (Å²) >= 11 is 0. The summed E-state index contributed by atoms with van der Waals surface area (Å²) in [5, 5.41) is 10.7. The number of hydrogen-bond donors (Lipinski definition) is 1. The molecule has 0 spiro atoms. The monoisotopic (exact) mass is 424 g/mol. The summed E-state index contributed by atoms with van der Waals surface area (Å²) in [7, 11) is -1.97. The average Bonchev–Trinajstić information content (AvgIpc) is 3.39. The molecular weight excluding hydrogens is 400 g/mol. The Hall–Kier alpha value is -3.02. The quantitative estimate of drug-likeness (QED) is 0.649. The van der Waals surface area contributed by atoms with Crippen molar-refractivity contribution in [2.45, 2.75) is 26.3 Å². The molecule has 1 aliphatic heterocycles. The molecule has 2 aromatic carbocycles. The summed E-state index contributed by atoms with van der Waals surface area (Å²) in [6.07, 6.45) is 1.76. The van der Waals surface area contributed by atoms with Crippen LogP contribution in [0.25, 0.3) is 22.2 Å². The molecule has 1 fully saturated rings. The molecule has 1 aromatic heterocycles. The van der Waals surface area contributed by atoms with E-state index >= 15 is 0 Å². The van der Waals surface area contributed by atoms with Crippen molar-refractivity contribution in [2.24, 2.45) is 0 Å². The van der Waals surface area contributed by atoms with Gasteiger partial charge in [0.2, 0.25) is 0 Å². The fourth-order valence-electron chi connectivity index (χ4n) is 4.07. The number of aromatic nitrogens is 1. The van der Waals surface area contributed by atoms with Gasteiger partial charge >= 0.3 is 10.2 Å². The van der Waals surface area contributed by atoms with Crippen LogP contribution in [0.1, 0.15) is 25.3 Å². The van der Waals surface area contributed by atoms with E-state index in [2.05, 4.69) is 15.4 Å². The van der Waals surface area contributed by atoms with E-state index in [0.29, 0.717) is 30.9 Å². The molecule has 4 rings (SSSR count). The maximum absolute atomic E-state index is 12.7. The zero-order chi connectivity index (χ0) is 21.3. The summed E-state index contributed by atoms with van der Waals surface area (Å²) in [5.74, 6) is 0.720. The highest BCUT2D eigenvalue weighted by Crippen LogP contribution is 2.36. The van der Waals surface area contributed by atoms with Gasteiger partial charge in [0, 0.05) is 36.7 Å². The summed E-state index contributed by atoms with van der Waals surface area (Å²) < 4.78 is 36.9. The van der Waals surface area contributed by atoms with E-state index in [0.717, 1.165) is 40.8 Å². The molecule has 7 nitrogen and oxygen atoms in total. The second-order valence-electron chi connectivity index (χ2n) is 7.26. The van der Waals surface area contributed by atoms with Crippen molar-refractivity contribution in [3.05, 3.63) is 48.0 Å². The van der Waals surface area contributed by atoms with Crippen LogP contribution < -0.4 is 9.46 Å². The number of nitriles is 1. The molecule has 30 heavy (non-hydrogen) atoms. The van der Waals surface area contributed by atoms with Gasteiger partial charge in [-0.15, -0.1) is 0 Å². The van der Waals surface area contributed by atoms with E-state index in [1.807, 2.05) is 31.2 Å². The number of fused-ring (bicyclic) bond motifs is 1. The lowest BCUT2D eigenvalue weighted by Gasteiger charge is -2.17. The highest BCUT2D eigenvalue weighted by atomic mass is 32.2. The number of ether oxygens (including phenoxy) is 1. The van der Waals surface area contributed by atoms with Crippen LogP contribution in [0, 0.1) is 11.3 Å². The molecule has 1 aliphatic rings. The van der Waals surface area contributed by atoms with Gasteiger partial charge in [0.15, 0.2) is 0 Å². The fourth-order valence-corrected chi connectivity index (χ4v) is 5.36. The topological polar surface area (TPSA) is 87.4 Å². The SMILES string of the molecule is CCn1c(-c2cccc(NS(=O)(=O)N3CCCC3)c2)c(C#N)c2ccc(OC)cc21. The first-order chi connectivity index (χ1) is 14.5. The van der Waals surface area contributed by atoms with Gasteiger partial charge in [0.1, 0.15) is 11.8 Å². The minimum Gasteiger partial charge on any atom is -0.497 e. The molecule has 2 heterocycles. The average molecular weight is 425 g/mol. The minimum absolute atomic E-state index is 0.480. The van der Waals surface area contributed by atoms with Crippen molar-refractivity contribution in [2.75, 3.05) is 24.9 Å². The van der Waals surface area contributed by atoms with E-state index in [4.69, 9.17) is 4.74 Å². The lowest BCUT2D eigenvalue weighted by Crippen LogP contribution is -2.33. The van der Waals surface area contributed by atoms with E-state index < -0.39 is 10.2 Å². The number of aryl methyl sites for hydroxylation is 1. The van der Waals surface area contributed by atoms with Crippen LogP contribution in [-0.2, 0) is 16.8 Å². The van der Waals surface area contributed by atoms with Gasteiger partial charge in [-0.05, 0) is 44.0 Å². The van der Waals surface area contributed by atoms with E-state index in [-0.39, 0.29) is 0 Å². The van der Waals surface area contributed by atoms with Crippen molar-refractivity contribution < 1.29 is 13.2 Å². The molecule has 0 aliphatic carbocycles. The third kappa shape index (κ3) is 3.51. The Kier molecular flexibility index (Phi) is 5.41. The van der Waals surface area contributed by atoms with Crippen LogP contribution in [-0.4, -0.2) is 37.5 Å². The van der Waals surface area contributed by atoms with Crippen LogP contribution in [0.4, 0.5) is 5.69 Å². The number of nitrogens with zero attached hydrogens (tertiary/aromatic N) is 3. The first-order valence-corrected chi connectivity index (χ1v) is 11.4. The van der Waals surface area contributed by atoms with Gasteiger partial charge in [0.05, 0.1) is 29.6 Å². The smallest absolute Gasteiger partial charge is 0.301 e. The summed E-state index contributed by atoms with van der Waals surface area (Å²) in [5.41, 5.74) is 3.50. The van der Waals surface area contributed by atoms with Crippen LogP contribution in [0.3, 0.4) is 0 Å². The molecule has 1 saturated heterocycles. The number of anilines is 1. The number of benzene rings is 2. The zero-order valence-electron chi connectivity index (χ0n) is 17.1. The molecule has 0 bridgehead atoms. The minimum atomic E-state index is -3.58. The van der Waals surface area contributed by atoms with Crippen LogP contribution in [0.2, 0.25) is 0 Å². The molecule has 0 unspecified atom stereocenters. The lowest BCUT2D eigenvalue weighted by molar-refractivity contribution is 0.415. The Morgan fingerprint density at radius 2 is 1.93 bits per heavy atom. The number of nitrogens with one attached hydrogen (secondary N) is 1. The Balaban J connectivity index is 1.81. The molecule has 0 atom stereocenters. The molecule has 1 N–H and O–H groups in total. The normalized spacial score (nSPS) is 14.7. The number of methoxy groups -OCH3 is 1. The molecule has 0 saturated carbocycles. The number of hydrogen-bond acceptors (Lipinski definition) is 4. The Bertz CT molecular complexity index is 1240. The van der Waals surface area contributed by atoms with Gasteiger partial charge in [-0.2, -0.15) is 18.0 Å². The van der Waals surface area contributed by atoms with Crippen molar-refractivity contribution >= 4 is 26.8 Å². The van der Waals surface area contributed by atoms with Crippen molar-refractivity contribution in [1.29, 1.82) is 5.26 Å². The Morgan fingerprint density at radius 3 is 2.60 bits per heavy atom. The van der Waals surface area contributed by atoms with Gasteiger partial charge < -0.3 is 9.30 Å². The second-order valence-corrected chi connectivity index (χ2v) is 8.93. The van der Waals surface area contributed by atoms with Crippen LogP contribution in [0.5, 0.6) is 5.75 Å². The van der Waals surface area contributed by atoms with Gasteiger partial charge in [0.25, 0.3) is 0 Å². The zero-order valence-corrected chi connectivity index (χ0v) is 17.9. The van der Waals surface area contributed by atoms with E-state index in [1.54, 1.807) is 25.3 Å². The molecule has 3 aromatic rings. The van der Waals surface area contributed by atoms with Crippen molar-refractivity contribution in [1.82, 2.24) is 8.87 Å². The number of rotatable bonds is 6. The standard InChI is InChI=1S/C22H24N4O3S/c1-3-26-21-14-18(29-2)9-10-19(21)20(15-23)22(26)16-7-6-8-17(13-16)24-30(27,28)25-11-4-5-12-25/h6-10,13-14,24H,3-5,11-12H2,1-2H3. The Morgan fingerprint density at radius 1 is 1.17 bits per heavy atom. The fraction of sp³-hybridized carbons (Fsp3) is 0.318. The summed E-state index contributed by atoms with van der Waals surface area (Å²) in [6, 6.07) is 15.2. The largest absolute Gasteiger partial charge is 0.497 e. The predicted octanol–water partition coefficient (Wildman–Crippen LogP) is 3.96. The van der Waals surface area contributed by atoms with E-state index in [9.17, 15) is 13.7 Å². The van der Waals surface area contributed by atoms with Gasteiger partial charge in [-0.1, -0.05) is 12.1 Å². The van der Waals surface area contributed by atoms with Crippen LogP contribution in [0.15, 0.2) is 42.5 Å². The van der Waals surface area contributed by atoms with Crippen LogP contribution >= 0.6 is 0 Å². The molecule has 0 radical (unpaired) electrons. The van der Waals surface area contributed by atoms with Crippen molar-refractivity contribution in [3.63, 3.8) is 0 Å². The Labute approximate surface area is 176 Å². The molecule has 8 heteroatoms. The van der Waals surface area contributed by atoms with Gasteiger partial charge in [-0.25, -0.2) is 0 Å². The predicted molar refractivity (Wildman–Crippen MR) is 118 cm³/mol. The van der Waals surface area contributed by atoms with Crippen molar-refractivity contribution in [3.8, 4) is 23.1 Å². The molecule has 0 amide bonds. The first-order valence-electron chi connectivity index (χ1n) is 9.97. The maximum atomic E-state index is 12.7. The molecule has 156 valence electrons. The highest BCUT2D eigenvalue weighted by molar-refractivity contribution is 7.90. The van der Waals surface area contributed by atoms with Gasteiger partial charge in [-0.3, -0.25) is 4.72 Å². The summed E-state index contributed by atoms with van der Waals surface area (Å²) in [6.45, 7) is 3.76.